The first-order valence-electron chi connectivity index (χ1n) is 8.16. The zero-order chi connectivity index (χ0) is 17.8. The molecular weight excluding hydrogens is 322 g/mol. The molecule has 3 rings (SSSR count). The van der Waals surface area contributed by atoms with Crippen molar-refractivity contribution in [2.24, 2.45) is 11.7 Å². The third-order valence-electron chi connectivity index (χ3n) is 4.41. The van der Waals surface area contributed by atoms with E-state index in [0.29, 0.717) is 25.5 Å². The molecule has 1 atom stereocenters. The van der Waals surface area contributed by atoms with Crippen molar-refractivity contribution in [3.05, 3.63) is 29.8 Å². The lowest BCUT2D eigenvalue weighted by atomic mass is 9.96. The minimum absolute atomic E-state index is 0.0240. The Morgan fingerprint density at radius 1 is 1.44 bits per heavy atom. The maximum Gasteiger partial charge on any atom is 0.314 e. The molecule has 3 N–H and O–H groups in total. The molecule has 2 aromatic rings. The molecule has 1 unspecified atom stereocenters. The van der Waals surface area contributed by atoms with Crippen LogP contribution in [-0.2, 0) is 11.3 Å². The molecule has 0 aliphatic carbocycles. The molecule has 25 heavy (non-hydrogen) atoms. The Labute approximate surface area is 145 Å². The lowest BCUT2D eigenvalue weighted by molar-refractivity contribution is -0.136. The van der Waals surface area contributed by atoms with Gasteiger partial charge in [-0.3, -0.25) is 4.79 Å². The maximum atomic E-state index is 12.7. The average molecular weight is 343 g/mol. The van der Waals surface area contributed by atoms with E-state index >= 15 is 0 Å². The zero-order valence-electron chi connectivity index (χ0n) is 14.1. The summed E-state index contributed by atoms with van der Waals surface area (Å²) in [5.41, 5.74) is 7.15. The number of nitrogens with zero attached hydrogens (tertiary/aromatic N) is 5. The Bertz CT molecular complexity index is 747. The van der Waals surface area contributed by atoms with Gasteiger partial charge in [0.05, 0.1) is 5.92 Å². The van der Waals surface area contributed by atoms with Gasteiger partial charge in [0.15, 0.2) is 0 Å². The molecule has 0 bridgehead atoms. The molecule has 1 fully saturated rings. The van der Waals surface area contributed by atoms with Crippen molar-refractivity contribution < 1.29 is 9.59 Å². The zero-order valence-corrected chi connectivity index (χ0v) is 14.1. The van der Waals surface area contributed by atoms with E-state index in [4.69, 9.17) is 5.73 Å². The topological polar surface area (TPSA) is 121 Å². The standard InChI is InChI=1S/C16H21N7O2/c1-22(15(24)13-6-3-7-23(10-13)16(17)25)9-11-4-2-5-12(8-11)14-18-20-21-19-14/h2,4-5,8,13H,3,6-7,9-10H2,1H3,(H2,17,25)(H,18,19,20,21). The molecule has 1 saturated heterocycles. The highest BCUT2D eigenvalue weighted by Crippen LogP contribution is 2.20. The molecule has 2 heterocycles. The molecule has 9 nitrogen and oxygen atoms in total. The van der Waals surface area contributed by atoms with E-state index in [0.717, 1.165) is 24.0 Å². The fraction of sp³-hybridized carbons (Fsp3) is 0.438. The molecule has 3 amide bonds. The van der Waals surface area contributed by atoms with Gasteiger partial charge >= 0.3 is 6.03 Å². The summed E-state index contributed by atoms with van der Waals surface area (Å²) >= 11 is 0. The second-order valence-electron chi connectivity index (χ2n) is 6.25. The second-order valence-corrected chi connectivity index (χ2v) is 6.25. The van der Waals surface area contributed by atoms with E-state index in [9.17, 15) is 9.59 Å². The quantitative estimate of drug-likeness (QED) is 0.843. The number of rotatable bonds is 4. The number of hydrogen-bond acceptors (Lipinski definition) is 5. The summed E-state index contributed by atoms with van der Waals surface area (Å²) in [4.78, 5) is 27.3. The van der Waals surface area contributed by atoms with Crippen LogP contribution in [-0.4, -0.2) is 62.5 Å². The molecule has 1 aliphatic rings. The summed E-state index contributed by atoms with van der Waals surface area (Å²) < 4.78 is 0. The van der Waals surface area contributed by atoms with Crippen LogP contribution in [0.5, 0.6) is 0 Å². The lowest BCUT2D eigenvalue weighted by Crippen LogP contribution is -2.47. The Balaban J connectivity index is 1.65. The Morgan fingerprint density at radius 3 is 3.00 bits per heavy atom. The van der Waals surface area contributed by atoms with Gasteiger partial charge in [0, 0.05) is 32.2 Å². The number of primary amides is 1. The highest BCUT2D eigenvalue weighted by molar-refractivity contribution is 5.80. The maximum absolute atomic E-state index is 12.7. The van der Waals surface area contributed by atoms with E-state index in [-0.39, 0.29) is 11.8 Å². The Morgan fingerprint density at radius 2 is 2.28 bits per heavy atom. The third kappa shape index (κ3) is 3.93. The molecular formula is C16H21N7O2. The van der Waals surface area contributed by atoms with Gasteiger partial charge in [-0.15, -0.1) is 10.2 Å². The SMILES string of the molecule is CN(Cc1cccc(-c2nn[nH]n2)c1)C(=O)C1CCCN(C(N)=O)C1. The average Bonchev–Trinajstić information content (AvgIpc) is 3.16. The third-order valence-corrected chi connectivity index (χ3v) is 4.41. The number of hydrogen-bond donors (Lipinski definition) is 2. The molecule has 1 aromatic heterocycles. The molecule has 132 valence electrons. The van der Waals surface area contributed by atoms with E-state index in [1.807, 2.05) is 24.3 Å². The molecule has 1 aliphatic heterocycles. The normalized spacial score (nSPS) is 17.3. The van der Waals surface area contributed by atoms with Crippen molar-refractivity contribution in [3.63, 3.8) is 0 Å². The van der Waals surface area contributed by atoms with Crippen molar-refractivity contribution in [1.29, 1.82) is 0 Å². The van der Waals surface area contributed by atoms with Gasteiger partial charge in [0.1, 0.15) is 0 Å². The van der Waals surface area contributed by atoms with E-state index in [2.05, 4.69) is 20.6 Å². The number of likely N-dealkylation sites (tertiary alicyclic amines) is 1. The predicted octanol–water partition coefficient (Wildman–Crippen LogP) is 0.616. The number of aromatic nitrogens is 4. The summed E-state index contributed by atoms with van der Waals surface area (Å²) in [7, 11) is 1.77. The van der Waals surface area contributed by atoms with Crippen LogP contribution in [0.1, 0.15) is 18.4 Å². The van der Waals surface area contributed by atoms with E-state index in [1.165, 1.54) is 4.90 Å². The first-order chi connectivity index (χ1) is 12.0. The van der Waals surface area contributed by atoms with E-state index in [1.54, 1.807) is 11.9 Å². The largest absolute Gasteiger partial charge is 0.351 e. The number of nitrogens with one attached hydrogen (secondary N) is 1. The van der Waals surface area contributed by atoms with Crippen LogP contribution < -0.4 is 5.73 Å². The number of benzene rings is 1. The van der Waals surface area contributed by atoms with Crippen molar-refractivity contribution in [1.82, 2.24) is 30.4 Å². The van der Waals surface area contributed by atoms with Gasteiger partial charge in [0.2, 0.25) is 11.7 Å². The predicted molar refractivity (Wildman–Crippen MR) is 90.0 cm³/mol. The van der Waals surface area contributed by atoms with Crippen molar-refractivity contribution in [2.75, 3.05) is 20.1 Å². The van der Waals surface area contributed by atoms with E-state index < -0.39 is 6.03 Å². The Hall–Kier alpha value is -2.97. The van der Waals surface area contributed by atoms with Gasteiger partial charge in [0.25, 0.3) is 0 Å². The first kappa shape index (κ1) is 16.9. The summed E-state index contributed by atoms with van der Waals surface area (Å²) in [5.74, 6) is 0.336. The monoisotopic (exact) mass is 343 g/mol. The van der Waals surface area contributed by atoms with Gasteiger partial charge < -0.3 is 15.5 Å². The highest BCUT2D eigenvalue weighted by Gasteiger charge is 2.29. The van der Waals surface area contributed by atoms with Crippen LogP contribution in [0.25, 0.3) is 11.4 Å². The molecule has 0 radical (unpaired) electrons. The fourth-order valence-corrected chi connectivity index (χ4v) is 3.14. The van der Waals surface area contributed by atoms with Crippen LogP contribution in [0, 0.1) is 5.92 Å². The van der Waals surface area contributed by atoms with Crippen LogP contribution >= 0.6 is 0 Å². The minimum Gasteiger partial charge on any atom is -0.351 e. The number of piperidine rings is 1. The van der Waals surface area contributed by atoms with Crippen molar-refractivity contribution >= 4 is 11.9 Å². The number of aromatic amines is 1. The summed E-state index contributed by atoms with van der Waals surface area (Å²) in [6.45, 7) is 1.48. The van der Waals surface area contributed by atoms with Gasteiger partial charge in [-0.1, -0.05) is 18.2 Å². The molecule has 1 aromatic carbocycles. The lowest BCUT2D eigenvalue weighted by Gasteiger charge is -2.33. The number of carbonyl (C=O) groups is 2. The second kappa shape index (κ2) is 7.29. The molecule has 0 spiro atoms. The molecule has 9 heteroatoms. The van der Waals surface area contributed by atoms with Crippen LogP contribution in [0.4, 0.5) is 4.79 Å². The highest BCUT2D eigenvalue weighted by atomic mass is 16.2. The fourth-order valence-electron chi connectivity index (χ4n) is 3.14. The number of nitrogens with two attached hydrogens (primary N) is 1. The minimum atomic E-state index is -0.465. The summed E-state index contributed by atoms with van der Waals surface area (Å²) in [5, 5.41) is 13.9. The van der Waals surface area contributed by atoms with Crippen LogP contribution in [0.3, 0.4) is 0 Å². The number of H-pyrrole nitrogens is 1. The van der Waals surface area contributed by atoms with Gasteiger partial charge in [-0.2, -0.15) is 5.21 Å². The van der Waals surface area contributed by atoms with Crippen molar-refractivity contribution in [2.45, 2.75) is 19.4 Å². The Kier molecular flexibility index (Phi) is 4.92. The van der Waals surface area contributed by atoms with Gasteiger partial charge in [-0.25, -0.2) is 4.79 Å². The number of carbonyl (C=O) groups excluding carboxylic acids is 2. The van der Waals surface area contributed by atoms with Crippen LogP contribution in [0.2, 0.25) is 0 Å². The number of tetrazole rings is 1. The summed E-state index contributed by atoms with van der Waals surface area (Å²) in [6, 6.07) is 7.21. The van der Waals surface area contributed by atoms with Crippen molar-refractivity contribution in [3.8, 4) is 11.4 Å². The summed E-state index contributed by atoms with van der Waals surface area (Å²) in [6.07, 6.45) is 1.57. The van der Waals surface area contributed by atoms with Crippen LogP contribution in [0.15, 0.2) is 24.3 Å². The van der Waals surface area contributed by atoms with Gasteiger partial charge in [-0.05, 0) is 29.7 Å². The number of urea groups is 1. The smallest absolute Gasteiger partial charge is 0.314 e. The molecule has 0 saturated carbocycles. The first-order valence-corrected chi connectivity index (χ1v) is 8.16. The number of amides is 3.